The first kappa shape index (κ1) is 13.3. The molecule has 1 heterocycles. The van der Waals surface area contributed by atoms with E-state index in [4.69, 9.17) is 0 Å². The summed E-state index contributed by atoms with van der Waals surface area (Å²) in [6.45, 7) is 1.64. The molecule has 0 atom stereocenters. The van der Waals surface area contributed by atoms with Crippen LogP contribution in [-0.4, -0.2) is 24.1 Å². The van der Waals surface area contributed by atoms with E-state index in [-0.39, 0.29) is 19.0 Å². The number of anilines is 1. The summed E-state index contributed by atoms with van der Waals surface area (Å²) < 4.78 is 41.5. The van der Waals surface area contributed by atoms with Gasteiger partial charge in [-0.05, 0) is 19.1 Å². The highest BCUT2D eigenvalue weighted by atomic mass is 19.4. The molecule has 0 spiro atoms. The molecular weight excluding hydrogens is 237 g/mol. The summed E-state index contributed by atoms with van der Waals surface area (Å²) in [5.41, 5.74) is -1.01. The summed E-state index contributed by atoms with van der Waals surface area (Å²) in [6.07, 6.45) is -4.50. The Morgan fingerprint density at radius 2 is 2.18 bits per heavy atom. The van der Waals surface area contributed by atoms with Gasteiger partial charge >= 0.3 is 12.1 Å². The highest BCUT2D eigenvalue weighted by molar-refractivity contribution is 5.74. The molecule has 0 fully saturated rings. The smallest absolute Gasteiger partial charge is 0.433 e. The number of hydrogen-bond acceptors (Lipinski definition) is 4. The zero-order valence-electron chi connectivity index (χ0n) is 9.04. The van der Waals surface area contributed by atoms with Crippen LogP contribution in [0.4, 0.5) is 19.0 Å². The first-order valence-corrected chi connectivity index (χ1v) is 4.87. The molecule has 4 nitrogen and oxygen atoms in total. The topological polar surface area (TPSA) is 51.2 Å². The van der Waals surface area contributed by atoms with Gasteiger partial charge < -0.3 is 10.1 Å². The fraction of sp³-hybridized carbons (Fsp3) is 0.400. The fourth-order valence-electron chi connectivity index (χ4n) is 1.07. The van der Waals surface area contributed by atoms with Gasteiger partial charge in [0.2, 0.25) is 0 Å². The van der Waals surface area contributed by atoms with Crippen LogP contribution in [0.15, 0.2) is 18.2 Å². The normalized spacial score (nSPS) is 11.1. The highest BCUT2D eigenvalue weighted by Crippen LogP contribution is 2.27. The average molecular weight is 248 g/mol. The van der Waals surface area contributed by atoms with Crippen LogP contribution in [0.1, 0.15) is 12.6 Å². The number of carbonyl (C=O) groups excluding carboxylic acids is 1. The maximum atomic E-state index is 12.3. The molecule has 1 aromatic heterocycles. The third kappa shape index (κ3) is 4.29. The molecule has 94 valence electrons. The van der Waals surface area contributed by atoms with Gasteiger partial charge in [-0.1, -0.05) is 6.07 Å². The van der Waals surface area contributed by atoms with Crippen LogP contribution < -0.4 is 5.32 Å². The van der Waals surface area contributed by atoms with E-state index in [2.05, 4.69) is 15.0 Å². The molecule has 0 saturated heterocycles. The number of nitrogens with zero attached hydrogens (tertiary/aromatic N) is 1. The third-order valence-corrected chi connectivity index (χ3v) is 1.76. The van der Waals surface area contributed by atoms with Crippen molar-refractivity contribution in [3.63, 3.8) is 0 Å². The molecule has 0 radical (unpaired) electrons. The van der Waals surface area contributed by atoms with E-state index in [1.165, 1.54) is 12.1 Å². The number of carbonyl (C=O) groups is 1. The van der Waals surface area contributed by atoms with Gasteiger partial charge in [0.25, 0.3) is 0 Å². The number of alkyl halides is 3. The van der Waals surface area contributed by atoms with Crippen LogP contribution in [0.25, 0.3) is 0 Å². The Hall–Kier alpha value is -1.79. The zero-order chi connectivity index (χ0) is 12.9. The molecule has 0 unspecified atom stereocenters. The SMILES string of the molecule is CCOC(=O)CNc1cccc(C(F)(F)F)n1. The van der Waals surface area contributed by atoms with E-state index in [0.717, 1.165) is 6.07 Å². The van der Waals surface area contributed by atoms with Gasteiger partial charge in [-0.2, -0.15) is 13.2 Å². The minimum absolute atomic E-state index is 0.0205. The maximum Gasteiger partial charge on any atom is 0.433 e. The first-order chi connectivity index (χ1) is 7.93. The van der Waals surface area contributed by atoms with E-state index < -0.39 is 17.8 Å². The minimum Gasteiger partial charge on any atom is -0.465 e. The van der Waals surface area contributed by atoms with Gasteiger partial charge in [-0.3, -0.25) is 4.79 Å². The van der Waals surface area contributed by atoms with Crippen LogP contribution in [0.5, 0.6) is 0 Å². The number of hydrogen-bond donors (Lipinski definition) is 1. The first-order valence-electron chi connectivity index (χ1n) is 4.87. The second-order valence-electron chi connectivity index (χ2n) is 3.06. The lowest BCUT2D eigenvalue weighted by Gasteiger charge is -2.08. The Labute approximate surface area is 95.8 Å². The molecule has 0 aromatic carbocycles. The van der Waals surface area contributed by atoms with Crippen molar-refractivity contribution in [2.45, 2.75) is 13.1 Å². The molecule has 1 aromatic rings. The van der Waals surface area contributed by atoms with E-state index in [1.54, 1.807) is 6.92 Å². The molecule has 0 amide bonds. The van der Waals surface area contributed by atoms with Crippen molar-refractivity contribution in [3.8, 4) is 0 Å². The monoisotopic (exact) mass is 248 g/mol. The molecule has 0 aliphatic rings. The van der Waals surface area contributed by atoms with Crippen LogP contribution in [-0.2, 0) is 15.7 Å². The molecule has 0 aliphatic carbocycles. The zero-order valence-corrected chi connectivity index (χ0v) is 9.04. The summed E-state index contributed by atoms with van der Waals surface area (Å²) in [7, 11) is 0. The van der Waals surface area contributed by atoms with E-state index in [1.807, 2.05) is 0 Å². The molecule has 0 bridgehead atoms. The van der Waals surface area contributed by atoms with E-state index >= 15 is 0 Å². The standard InChI is InChI=1S/C10H11F3N2O2/c1-2-17-9(16)6-14-8-5-3-4-7(15-8)10(11,12)13/h3-5H,2,6H2,1H3,(H,14,15). The van der Waals surface area contributed by atoms with Crippen LogP contribution >= 0.6 is 0 Å². The Bertz CT molecular complexity index is 393. The number of esters is 1. The fourth-order valence-corrected chi connectivity index (χ4v) is 1.07. The average Bonchev–Trinajstić information content (AvgIpc) is 2.26. The summed E-state index contributed by atoms with van der Waals surface area (Å²) in [4.78, 5) is 14.3. The summed E-state index contributed by atoms with van der Waals surface area (Å²) in [5, 5.41) is 2.46. The number of ether oxygens (including phenoxy) is 1. The molecule has 1 rings (SSSR count). The van der Waals surface area contributed by atoms with E-state index in [9.17, 15) is 18.0 Å². The number of nitrogens with one attached hydrogen (secondary N) is 1. The molecule has 0 saturated carbocycles. The predicted molar refractivity (Wildman–Crippen MR) is 54.4 cm³/mol. The lowest BCUT2D eigenvalue weighted by atomic mass is 10.3. The van der Waals surface area contributed by atoms with Crippen molar-refractivity contribution >= 4 is 11.8 Å². The molecule has 1 N–H and O–H groups in total. The summed E-state index contributed by atoms with van der Waals surface area (Å²) in [5.74, 6) is -0.570. The second-order valence-corrected chi connectivity index (χ2v) is 3.06. The number of aromatic nitrogens is 1. The number of pyridine rings is 1. The van der Waals surface area contributed by atoms with Gasteiger partial charge in [0.05, 0.1) is 6.61 Å². The molecule has 7 heteroatoms. The second kappa shape index (κ2) is 5.51. The molecule has 17 heavy (non-hydrogen) atoms. The molecule has 0 aliphatic heterocycles. The number of halogens is 3. The Morgan fingerprint density at radius 3 is 2.76 bits per heavy atom. The van der Waals surface area contributed by atoms with Gasteiger partial charge in [0.1, 0.15) is 18.1 Å². The van der Waals surface area contributed by atoms with Crippen molar-refractivity contribution in [2.24, 2.45) is 0 Å². The highest BCUT2D eigenvalue weighted by Gasteiger charge is 2.32. The largest absolute Gasteiger partial charge is 0.465 e. The lowest BCUT2D eigenvalue weighted by Crippen LogP contribution is -2.18. The van der Waals surface area contributed by atoms with Crippen molar-refractivity contribution in [1.29, 1.82) is 0 Å². The molecular formula is C10H11F3N2O2. The minimum atomic E-state index is -4.50. The van der Waals surface area contributed by atoms with Crippen molar-refractivity contribution in [2.75, 3.05) is 18.5 Å². The lowest BCUT2D eigenvalue weighted by molar-refractivity contribution is -0.141. The van der Waals surface area contributed by atoms with Gasteiger partial charge in [0, 0.05) is 0 Å². The van der Waals surface area contributed by atoms with Crippen molar-refractivity contribution in [1.82, 2.24) is 4.98 Å². The van der Waals surface area contributed by atoms with Crippen LogP contribution in [0, 0.1) is 0 Å². The summed E-state index contributed by atoms with van der Waals surface area (Å²) in [6, 6.07) is 3.41. The van der Waals surface area contributed by atoms with Gasteiger partial charge in [-0.25, -0.2) is 4.98 Å². The van der Waals surface area contributed by atoms with Gasteiger partial charge in [0.15, 0.2) is 0 Å². The van der Waals surface area contributed by atoms with E-state index in [0.29, 0.717) is 0 Å². The van der Waals surface area contributed by atoms with Crippen LogP contribution in [0.2, 0.25) is 0 Å². The quantitative estimate of drug-likeness (QED) is 0.829. The maximum absolute atomic E-state index is 12.3. The Morgan fingerprint density at radius 1 is 1.47 bits per heavy atom. The predicted octanol–water partition coefficient (Wildman–Crippen LogP) is 2.08. The number of rotatable bonds is 4. The summed E-state index contributed by atoms with van der Waals surface area (Å²) >= 11 is 0. The van der Waals surface area contributed by atoms with Crippen molar-refractivity contribution in [3.05, 3.63) is 23.9 Å². The van der Waals surface area contributed by atoms with Crippen LogP contribution in [0.3, 0.4) is 0 Å². The van der Waals surface area contributed by atoms with Crippen molar-refractivity contribution < 1.29 is 22.7 Å². The van der Waals surface area contributed by atoms with Gasteiger partial charge in [-0.15, -0.1) is 0 Å². The Balaban J connectivity index is 2.64. The Kier molecular flexibility index (Phi) is 4.30. The third-order valence-electron chi connectivity index (χ3n) is 1.76.